The van der Waals surface area contributed by atoms with Gasteiger partial charge < -0.3 is 15.5 Å². The highest BCUT2D eigenvalue weighted by molar-refractivity contribution is 6.22. The highest BCUT2D eigenvalue weighted by Crippen LogP contribution is 2.39. The first kappa shape index (κ1) is 15.6. The van der Waals surface area contributed by atoms with Gasteiger partial charge in [-0.05, 0) is 29.7 Å². The van der Waals surface area contributed by atoms with Crippen LogP contribution in [-0.4, -0.2) is 21.9 Å². The first-order chi connectivity index (χ1) is 10.5. The quantitative estimate of drug-likeness (QED) is 0.575. The number of phenols is 2. The van der Waals surface area contributed by atoms with Gasteiger partial charge in [-0.1, -0.05) is 13.3 Å². The molecule has 1 amide bonds. The van der Waals surface area contributed by atoms with Crippen LogP contribution in [0.1, 0.15) is 48.5 Å². The number of carbonyl (C=O) groups is 2. The molecule has 5 heteroatoms. The average Bonchev–Trinajstić information content (AvgIpc) is 2.72. The van der Waals surface area contributed by atoms with Crippen LogP contribution in [0.3, 0.4) is 0 Å². The third-order valence-electron chi connectivity index (χ3n) is 3.51. The van der Waals surface area contributed by atoms with Crippen molar-refractivity contribution >= 4 is 17.3 Å². The molecule has 22 heavy (non-hydrogen) atoms. The number of hydrogen-bond donors (Lipinski definition) is 3. The SMILES string of the molecule is C#CCC1=C(NC(=O)CCCC)C(=O)c2cc(O)c(O)cc21. The molecular formula is C17H17NO4. The first-order valence-corrected chi connectivity index (χ1v) is 7.07. The van der Waals surface area contributed by atoms with Crippen LogP contribution in [0.25, 0.3) is 5.57 Å². The zero-order valence-electron chi connectivity index (χ0n) is 12.3. The second kappa shape index (κ2) is 6.35. The van der Waals surface area contributed by atoms with Crippen molar-refractivity contribution in [3.8, 4) is 23.8 Å². The maximum Gasteiger partial charge on any atom is 0.224 e. The first-order valence-electron chi connectivity index (χ1n) is 7.07. The molecule has 0 fully saturated rings. The van der Waals surface area contributed by atoms with E-state index in [-0.39, 0.29) is 35.1 Å². The number of nitrogens with one attached hydrogen (secondary N) is 1. The average molecular weight is 299 g/mol. The minimum Gasteiger partial charge on any atom is -0.504 e. The molecule has 2 rings (SSSR count). The molecule has 0 bridgehead atoms. The number of terminal acetylenes is 1. The molecule has 0 radical (unpaired) electrons. The fourth-order valence-corrected chi connectivity index (χ4v) is 2.38. The summed E-state index contributed by atoms with van der Waals surface area (Å²) in [4.78, 5) is 24.3. The van der Waals surface area contributed by atoms with Gasteiger partial charge in [0.05, 0.1) is 5.70 Å². The van der Waals surface area contributed by atoms with Crippen molar-refractivity contribution in [3.63, 3.8) is 0 Å². The number of allylic oxidation sites excluding steroid dienone is 2. The van der Waals surface area contributed by atoms with Crippen LogP contribution in [0.15, 0.2) is 17.8 Å². The largest absolute Gasteiger partial charge is 0.504 e. The predicted octanol–water partition coefficient (Wildman–Crippen LogP) is 2.33. The van der Waals surface area contributed by atoms with Crippen molar-refractivity contribution in [1.29, 1.82) is 0 Å². The number of hydrogen-bond acceptors (Lipinski definition) is 4. The number of amides is 1. The molecule has 5 nitrogen and oxygen atoms in total. The summed E-state index contributed by atoms with van der Waals surface area (Å²) in [6.45, 7) is 1.97. The van der Waals surface area contributed by atoms with Crippen molar-refractivity contribution in [2.75, 3.05) is 0 Å². The number of benzene rings is 1. The summed E-state index contributed by atoms with van der Waals surface area (Å²) >= 11 is 0. The number of carbonyl (C=O) groups excluding carboxylic acids is 2. The molecule has 0 heterocycles. The van der Waals surface area contributed by atoms with E-state index in [0.29, 0.717) is 17.6 Å². The lowest BCUT2D eigenvalue weighted by molar-refractivity contribution is -0.120. The maximum absolute atomic E-state index is 12.4. The molecule has 3 N–H and O–H groups in total. The minimum absolute atomic E-state index is 0.138. The maximum atomic E-state index is 12.4. The number of fused-ring (bicyclic) bond motifs is 1. The zero-order valence-corrected chi connectivity index (χ0v) is 12.3. The van der Waals surface area contributed by atoms with Crippen molar-refractivity contribution in [2.45, 2.75) is 32.6 Å². The highest BCUT2D eigenvalue weighted by atomic mass is 16.3. The molecule has 1 aromatic carbocycles. The summed E-state index contributed by atoms with van der Waals surface area (Å²) in [6.07, 6.45) is 7.40. The van der Waals surface area contributed by atoms with Crippen molar-refractivity contribution in [2.24, 2.45) is 0 Å². The zero-order chi connectivity index (χ0) is 16.3. The number of aromatic hydroxyl groups is 2. The molecule has 0 spiro atoms. The van der Waals surface area contributed by atoms with Crippen LogP contribution in [0.2, 0.25) is 0 Å². The summed E-state index contributed by atoms with van der Waals surface area (Å²) in [5.41, 5.74) is 1.30. The number of unbranched alkanes of at least 4 members (excludes halogenated alkanes) is 1. The normalized spacial score (nSPS) is 13.0. The van der Waals surface area contributed by atoms with Crippen molar-refractivity contribution in [1.82, 2.24) is 5.32 Å². The molecule has 1 aliphatic carbocycles. The lowest BCUT2D eigenvalue weighted by Gasteiger charge is -2.07. The van der Waals surface area contributed by atoms with Crippen molar-refractivity contribution in [3.05, 3.63) is 29.0 Å². The van der Waals surface area contributed by atoms with Gasteiger partial charge in [-0.3, -0.25) is 9.59 Å². The van der Waals surface area contributed by atoms with E-state index in [1.54, 1.807) is 0 Å². The van der Waals surface area contributed by atoms with Crippen LogP contribution in [-0.2, 0) is 4.79 Å². The molecule has 0 saturated carbocycles. The molecule has 1 aliphatic rings. The molecule has 1 aromatic rings. The molecule has 0 aromatic heterocycles. The van der Waals surface area contributed by atoms with Gasteiger partial charge in [-0.15, -0.1) is 12.3 Å². The fraction of sp³-hybridized carbons (Fsp3) is 0.294. The predicted molar refractivity (Wildman–Crippen MR) is 82.1 cm³/mol. The summed E-state index contributed by atoms with van der Waals surface area (Å²) in [5, 5.41) is 21.8. The Morgan fingerprint density at radius 1 is 1.27 bits per heavy atom. The summed E-state index contributed by atoms with van der Waals surface area (Å²) in [7, 11) is 0. The van der Waals surface area contributed by atoms with E-state index in [4.69, 9.17) is 6.42 Å². The lowest BCUT2D eigenvalue weighted by atomic mass is 10.0. The second-order valence-electron chi connectivity index (χ2n) is 5.10. The van der Waals surface area contributed by atoms with E-state index in [1.165, 1.54) is 12.1 Å². The Balaban J connectivity index is 2.40. The molecule has 114 valence electrons. The third kappa shape index (κ3) is 2.82. The van der Waals surface area contributed by atoms with Gasteiger partial charge in [0, 0.05) is 18.4 Å². The summed E-state index contributed by atoms with van der Waals surface area (Å²) in [5.74, 6) is 1.08. The van der Waals surface area contributed by atoms with Gasteiger partial charge >= 0.3 is 0 Å². The number of Topliss-reactive ketones (excluding diaryl/α,β-unsaturated/α-hetero) is 1. The topological polar surface area (TPSA) is 86.6 Å². The molecule has 0 aliphatic heterocycles. The smallest absolute Gasteiger partial charge is 0.224 e. The van der Waals surface area contributed by atoms with Gasteiger partial charge in [-0.25, -0.2) is 0 Å². The Hall–Kier alpha value is -2.74. The number of phenolic OH excluding ortho intramolecular Hbond substituents is 2. The monoisotopic (exact) mass is 299 g/mol. The van der Waals surface area contributed by atoms with Gasteiger partial charge in [-0.2, -0.15) is 0 Å². The van der Waals surface area contributed by atoms with Crippen LogP contribution in [0.4, 0.5) is 0 Å². The van der Waals surface area contributed by atoms with E-state index in [1.807, 2.05) is 6.92 Å². The fourth-order valence-electron chi connectivity index (χ4n) is 2.38. The standard InChI is InChI=1S/C17H17NO4/c1-3-5-7-15(21)18-16-10(6-4-2)11-8-13(19)14(20)9-12(11)17(16)22/h2,8-9,19-20H,3,5-7H2,1H3,(H,18,21,22). The Bertz CT molecular complexity index is 710. The van der Waals surface area contributed by atoms with Crippen LogP contribution in [0, 0.1) is 12.3 Å². The van der Waals surface area contributed by atoms with E-state index >= 15 is 0 Å². The van der Waals surface area contributed by atoms with Crippen molar-refractivity contribution < 1.29 is 19.8 Å². The molecule has 0 unspecified atom stereocenters. The van der Waals surface area contributed by atoms with E-state index in [2.05, 4.69) is 11.2 Å². The summed E-state index contributed by atoms with van der Waals surface area (Å²) in [6, 6.07) is 2.48. The lowest BCUT2D eigenvalue weighted by Crippen LogP contribution is -2.26. The Labute approximate surface area is 128 Å². The van der Waals surface area contributed by atoms with Crippen LogP contribution < -0.4 is 5.32 Å². The van der Waals surface area contributed by atoms with Gasteiger partial charge in [0.25, 0.3) is 0 Å². The Morgan fingerprint density at radius 2 is 1.91 bits per heavy atom. The van der Waals surface area contributed by atoms with E-state index in [0.717, 1.165) is 12.8 Å². The highest BCUT2D eigenvalue weighted by Gasteiger charge is 2.31. The third-order valence-corrected chi connectivity index (χ3v) is 3.51. The summed E-state index contributed by atoms with van der Waals surface area (Å²) < 4.78 is 0. The molecular weight excluding hydrogens is 282 g/mol. The molecule has 0 atom stereocenters. The number of ketones is 1. The van der Waals surface area contributed by atoms with Crippen LogP contribution in [0.5, 0.6) is 11.5 Å². The Morgan fingerprint density at radius 3 is 2.50 bits per heavy atom. The van der Waals surface area contributed by atoms with Gasteiger partial charge in [0.1, 0.15) is 0 Å². The second-order valence-corrected chi connectivity index (χ2v) is 5.10. The van der Waals surface area contributed by atoms with E-state index < -0.39 is 5.78 Å². The van der Waals surface area contributed by atoms with Crippen LogP contribution >= 0.6 is 0 Å². The van der Waals surface area contributed by atoms with Gasteiger partial charge in [0.15, 0.2) is 11.5 Å². The van der Waals surface area contributed by atoms with E-state index in [9.17, 15) is 19.8 Å². The number of rotatable bonds is 5. The Kier molecular flexibility index (Phi) is 4.52. The minimum atomic E-state index is -0.402. The molecule has 0 saturated heterocycles. The van der Waals surface area contributed by atoms with Gasteiger partial charge in [0.2, 0.25) is 11.7 Å².